The number of benzene rings is 2. The highest BCUT2D eigenvalue weighted by Gasteiger charge is 2.28. The van der Waals surface area contributed by atoms with Crippen LogP contribution < -0.4 is 15.4 Å². The van der Waals surface area contributed by atoms with Gasteiger partial charge in [-0.15, -0.1) is 0 Å². The van der Waals surface area contributed by atoms with Crippen molar-refractivity contribution >= 4 is 27.3 Å². The van der Waals surface area contributed by atoms with Crippen LogP contribution in [0.4, 0.5) is 11.4 Å². The van der Waals surface area contributed by atoms with Crippen molar-refractivity contribution in [2.75, 3.05) is 21.9 Å². The van der Waals surface area contributed by atoms with Gasteiger partial charge in [0.05, 0.1) is 11.4 Å². The first kappa shape index (κ1) is 17.4. The van der Waals surface area contributed by atoms with E-state index in [1.165, 1.54) is 4.31 Å². The molecule has 6 nitrogen and oxygen atoms in total. The van der Waals surface area contributed by atoms with Crippen LogP contribution in [0.25, 0.3) is 0 Å². The van der Waals surface area contributed by atoms with Crippen LogP contribution in [-0.2, 0) is 14.8 Å². The Morgan fingerprint density at radius 1 is 1.16 bits per heavy atom. The molecule has 0 aromatic heterocycles. The normalized spacial score (nSPS) is 17.2. The van der Waals surface area contributed by atoms with Crippen molar-refractivity contribution in [3.8, 4) is 0 Å². The minimum absolute atomic E-state index is 0.149. The van der Waals surface area contributed by atoms with E-state index in [1.54, 1.807) is 24.3 Å². The number of rotatable bonds is 5. The first-order valence-corrected chi connectivity index (χ1v) is 9.77. The zero-order chi connectivity index (χ0) is 17.9. The molecule has 0 saturated carbocycles. The number of nitrogens with two attached hydrogens (primary N) is 1. The molecule has 1 aliphatic heterocycles. The summed E-state index contributed by atoms with van der Waals surface area (Å²) in [5.74, 6) is -0.0482. The molecule has 0 radical (unpaired) electrons. The molecule has 3 rings (SSSR count). The van der Waals surface area contributed by atoms with E-state index in [2.05, 4.69) is 5.32 Å². The molecule has 2 aromatic rings. The van der Waals surface area contributed by atoms with Crippen LogP contribution in [0.1, 0.15) is 24.4 Å². The van der Waals surface area contributed by atoms with E-state index in [0.29, 0.717) is 24.3 Å². The fraction of sp³-hybridized carbons (Fsp3) is 0.278. The van der Waals surface area contributed by atoms with Gasteiger partial charge in [-0.05, 0) is 30.2 Å². The lowest BCUT2D eigenvalue weighted by atomic mass is 10.0. The average molecular weight is 359 g/mol. The van der Waals surface area contributed by atoms with Gasteiger partial charge in [-0.2, -0.15) is 0 Å². The molecule has 1 amide bonds. The number of carbonyl (C=O) groups excluding carboxylic acids is 1. The summed E-state index contributed by atoms with van der Waals surface area (Å²) in [6, 6.07) is 15.9. The second kappa shape index (κ2) is 7.25. The molecule has 132 valence electrons. The molecule has 2 aromatic carbocycles. The van der Waals surface area contributed by atoms with E-state index in [1.807, 2.05) is 30.3 Å². The van der Waals surface area contributed by atoms with Crippen molar-refractivity contribution < 1.29 is 13.2 Å². The van der Waals surface area contributed by atoms with Crippen LogP contribution in [0.3, 0.4) is 0 Å². The van der Waals surface area contributed by atoms with Gasteiger partial charge in [0, 0.05) is 24.7 Å². The summed E-state index contributed by atoms with van der Waals surface area (Å²) in [5.41, 5.74) is 8.10. The Kier molecular flexibility index (Phi) is 5.06. The van der Waals surface area contributed by atoms with E-state index >= 15 is 0 Å². The first-order chi connectivity index (χ1) is 12.0. The van der Waals surface area contributed by atoms with Crippen LogP contribution in [0.5, 0.6) is 0 Å². The number of amides is 1. The van der Waals surface area contributed by atoms with Crippen molar-refractivity contribution in [2.45, 2.75) is 18.9 Å². The van der Waals surface area contributed by atoms with Gasteiger partial charge in [0.2, 0.25) is 15.9 Å². The van der Waals surface area contributed by atoms with Crippen molar-refractivity contribution in [1.82, 2.24) is 0 Å². The number of nitrogens with zero attached hydrogens (tertiary/aromatic N) is 1. The van der Waals surface area contributed by atoms with Gasteiger partial charge in [-0.25, -0.2) is 8.42 Å². The molecule has 1 unspecified atom stereocenters. The predicted molar refractivity (Wildman–Crippen MR) is 98.8 cm³/mol. The first-order valence-electron chi connectivity index (χ1n) is 8.16. The van der Waals surface area contributed by atoms with Crippen molar-refractivity contribution in [2.24, 2.45) is 5.73 Å². The Balaban J connectivity index is 1.67. The minimum atomic E-state index is -3.24. The van der Waals surface area contributed by atoms with Crippen LogP contribution in [0.15, 0.2) is 54.6 Å². The second-order valence-corrected chi connectivity index (χ2v) is 8.07. The van der Waals surface area contributed by atoms with Gasteiger partial charge >= 0.3 is 0 Å². The van der Waals surface area contributed by atoms with Gasteiger partial charge in [-0.3, -0.25) is 9.10 Å². The molecular weight excluding hydrogens is 338 g/mol. The molecule has 7 heteroatoms. The highest BCUT2D eigenvalue weighted by atomic mass is 32.2. The number of sulfonamides is 1. The van der Waals surface area contributed by atoms with Crippen LogP contribution in [-0.4, -0.2) is 26.6 Å². The quantitative estimate of drug-likeness (QED) is 0.856. The smallest absolute Gasteiger partial charge is 0.235 e. The van der Waals surface area contributed by atoms with Crippen LogP contribution in [0, 0.1) is 0 Å². The maximum Gasteiger partial charge on any atom is 0.235 e. The van der Waals surface area contributed by atoms with Crippen molar-refractivity contribution in [3.05, 3.63) is 60.2 Å². The maximum absolute atomic E-state index is 12.2. The van der Waals surface area contributed by atoms with E-state index in [4.69, 9.17) is 5.73 Å². The lowest BCUT2D eigenvalue weighted by Crippen LogP contribution is -2.25. The molecule has 1 atom stereocenters. The van der Waals surface area contributed by atoms with Crippen LogP contribution in [0.2, 0.25) is 0 Å². The van der Waals surface area contributed by atoms with Crippen molar-refractivity contribution in [1.29, 1.82) is 0 Å². The van der Waals surface area contributed by atoms with Gasteiger partial charge < -0.3 is 11.1 Å². The molecular formula is C18H21N3O3S. The Hall–Kier alpha value is -2.38. The zero-order valence-corrected chi connectivity index (χ0v) is 14.6. The molecule has 3 N–H and O–H groups in total. The van der Waals surface area contributed by atoms with Crippen LogP contribution >= 0.6 is 0 Å². The number of hydrogen-bond acceptors (Lipinski definition) is 4. The summed E-state index contributed by atoms with van der Waals surface area (Å²) in [4.78, 5) is 12.2. The third kappa shape index (κ3) is 4.18. The lowest BCUT2D eigenvalue weighted by molar-refractivity contribution is -0.116. The lowest BCUT2D eigenvalue weighted by Gasteiger charge is -2.18. The standard InChI is InChI=1S/C18H21N3O3S/c19-17(14-6-2-1-3-7-14)13-18(22)20-15-8-4-9-16(12-15)21-10-5-11-25(21,23)24/h1-4,6-9,12,17H,5,10-11,13,19H2,(H,20,22). The Labute approximate surface area is 147 Å². The summed E-state index contributed by atoms with van der Waals surface area (Å²) >= 11 is 0. The highest BCUT2D eigenvalue weighted by molar-refractivity contribution is 7.93. The van der Waals surface area contributed by atoms with Gasteiger partial charge in [-0.1, -0.05) is 36.4 Å². The molecule has 0 aliphatic carbocycles. The number of nitrogens with one attached hydrogen (secondary N) is 1. The summed E-state index contributed by atoms with van der Waals surface area (Å²) < 4.78 is 25.4. The Morgan fingerprint density at radius 2 is 1.92 bits per heavy atom. The summed E-state index contributed by atoms with van der Waals surface area (Å²) in [6.07, 6.45) is 0.765. The summed E-state index contributed by atoms with van der Waals surface area (Å²) in [7, 11) is -3.24. The number of anilines is 2. The zero-order valence-electron chi connectivity index (χ0n) is 13.8. The second-order valence-electron chi connectivity index (χ2n) is 6.06. The molecule has 1 fully saturated rings. The average Bonchev–Trinajstić information content (AvgIpc) is 2.95. The Morgan fingerprint density at radius 3 is 2.60 bits per heavy atom. The third-order valence-electron chi connectivity index (χ3n) is 4.15. The monoisotopic (exact) mass is 359 g/mol. The molecule has 0 bridgehead atoms. The van der Waals surface area contributed by atoms with Gasteiger partial charge in [0.25, 0.3) is 0 Å². The SMILES string of the molecule is NC(CC(=O)Nc1cccc(N2CCCS2(=O)=O)c1)c1ccccc1. The number of hydrogen-bond donors (Lipinski definition) is 2. The summed E-state index contributed by atoms with van der Waals surface area (Å²) in [6.45, 7) is 0.471. The fourth-order valence-electron chi connectivity index (χ4n) is 2.90. The largest absolute Gasteiger partial charge is 0.326 e. The molecule has 25 heavy (non-hydrogen) atoms. The summed E-state index contributed by atoms with van der Waals surface area (Å²) in [5, 5.41) is 2.79. The maximum atomic E-state index is 12.2. The fourth-order valence-corrected chi connectivity index (χ4v) is 4.45. The van der Waals surface area contributed by atoms with E-state index < -0.39 is 10.0 Å². The minimum Gasteiger partial charge on any atom is -0.326 e. The predicted octanol–water partition coefficient (Wildman–Crippen LogP) is 2.26. The number of carbonyl (C=O) groups is 1. The van der Waals surface area contributed by atoms with E-state index in [-0.39, 0.29) is 24.1 Å². The topological polar surface area (TPSA) is 92.5 Å². The highest BCUT2D eigenvalue weighted by Crippen LogP contribution is 2.26. The van der Waals surface area contributed by atoms with Crippen molar-refractivity contribution in [3.63, 3.8) is 0 Å². The van der Waals surface area contributed by atoms with E-state index in [0.717, 1.165) is 5.56 Å². The molecule has 1 saturated heterocycles. The van der Waals surface area contributed by atoms with Gasteiger partial charge in [0.1, 0.15) is 0 Å². The Bertz CT molecular complexity index is 853. The third-order valence-corrected chi connectivity index (χ3v) is 6.02. The molecule has 1 aliphatic rings. The van der Waals surface area contributed by atoms with Gasteiger partial charge in [0.15, 0.2) is 0 Å². The molecule has 0 spiro atoms. The van der Waals surface area contributed by atoms with E-state index in [9.17, 15) is 13.2 Å². The molecule has 1 heterocycles.